The van der Waals surface area contributed by atoms with E-state index in [0.29, 0.717) is 12.4 Å². The van der Waals surface area contributed by atoms with Crippen LogP contribution in [0.3, 0.4) is 0 Å². The largest absolute Gasteiger partial charge is 0.494 e. The molecular formula is C12H14F3NO2S. The maximum absolute atomic E-state index is 11.9. The molecule has 0 radical (unpaired) electrons. The summed E-state index contributed by atoms with van der Waals surface area (Å²) in [6.45, 7) is 1.13. The van der Waals surface area contributed by atoms with Gasteiger partial charge in [-0.1, -0.05) is 0 Å². The normalized spacial score (nSPS) is 11.2. The van der Waals surface area contributed by atoms with E-state index >= 15 is 0 Å². The molecule has 1 rings (SSSR count). The fraction of sp³-hybridized carbons (Fsp3) is 0.417. The maximum Gasteiger partial charge on any atom is 0.405 e. The molecule has 0 aliphatic rings. The highest BCUT2D eigenvalue weighted by atomic mass is 32.2. The lowest BCUT2D eigenvalue weighted by Crippen LogP contribution is -2.34. The summed E-state index contributed by atoms with van der Waals surface area (Å²) in [5.74, 6) is 0.0222. The molecule has 0 unspecified atom stereocenters. The Labute approximate surface area is 113 Å². The van der Waals surface area contributed by atoms with Crippen LogP contribution in [0.5, 0.6) is 5.75 Å². The summed E-state index contributed by atoms with van der Waals surface area (Å²) in [4.78, 5) is 12.0. The molecular weight excluding hydrogens is 279 g/mol. The zero-order valence-electron chi connectivity index (χ0n) is 10.3. The van der Waals surface area contributed by atoms with Crippen LogP contribution in [0.25, 0.3) is 0 Å². The van der Waals surface area contributed by atoms with Gasteiger partial charge >= 0.3 is 6.18 Å². The van der Waals surface area contributed by atoms with E-state index in [2.05, 4.69) is 0 Å². The lowest BCUT2D eigenvalue weighted by Gasteiger charge is -2.08. The summed E-state index contributed by atoms with van der Waals surface area (Å²) in [6.07, 6.45) is -4.38. The minimum Gasteiger partial charge on any atom is -0.494 e. The summed E-state index contributed by atoms with van der Waals surface area (Å²) in [6, 6.07) is 7.01. The molecule has 0 saturated carbocycles. The summed E-state index contributed by atoms with van der Waals surface area (Å²) in [7, 11) is 0. The van der Waals surface area contributed by atoms with E-state index in [1.54, 1.807) is 24.3 Å². The maximum atomic E-state index is 11.9. The number of carbonyl (C=O) groups excluding carboxylic acids is 1. The highest BCUT2D eigenvalue weighted by Gasteiger charge is 2.27. The van der Waals surface area contributed by atoms with Crippen LogP contribution in [0.2, 0.25) is 0 Å². The van der Waals surface area contributed by atoms with Gasteiger partial charge in [0.05, 0.1) is 12.4 Å². The van der Waals surface area contributed by atoms with Crippen molar-refractivity contribution in [1.29, 1.82) is 0 Å². The van der Waals surface area contributed by atoms with Crippen LogP contribution in [0.4, 0.5) is 13.2 Å². The summed E-state index contributed by atoms with van der Waals surface area (Å²) in [5.41, 5.74) is 0. The zero-order valence-corrected chi connectivity index (χ0v) is 11.1. The van der Waals surface area contributed by atoms with Crippen LogP contribution in [0.15, 0.2) is 29.2 Å². The van der Waals surface area contributed by atoms with Crippen molar-refractivity contribution in [2.75, 3.05) is 18.9 Å². The molecule has 1 amide bonds. The number of hydrogen-bond donors (Lipinski definition) is 1. The van der Waals surface area contributed by atoms with E-state index < -0.39 is 18.6 Å². The number of alkyl halides is 3. The molecule has 0 saturated heterocycles. The minimum atomic E-state index is -4.38. The molecule has 1 aromatic carbocycles. The fourth-order valence-electron chi connectivity index (χ4n) is 1.20. The number of amides is 1. The number of benzene rings is 1. The van der Waals surface area contributed by atoms with E-state index in [-0.39, 0.29) is 5.75 Å². The Kier molecular flexibility index (Phi) is 6.01. The molecule has 0 atom stereocenters. The predicted molar refractivity (Wildman–Crippen MR) is 67.4 cm³/mol. The Bertz CT molecular complexity index is 406. The molecule has 3 nitrogen and oxygen atoms in total. The van der Waals surface area contributed by atoms with E-state index in [1.165, 1.54) is 11.8 Å². The van der Waals surface area contributed by atoms with Gasteiger partial charge < -0.3 is 10.1 Å². The van der Waals surface area contributed by atoms with Crippen molar-refractivity contribution in [3.63, 3.8) is 0 Å². The number of ether oxygens (including phenoxy) is 1. The van der Waals surface area contributed by atoms with Gasteiger partial charge in [0.25, 0.3) is 0 Å². The number of hydrogen-bond acceptors (Lipinski definition) is 3. The average molecular weight is 293 g/mol. The fourth-order valence-corrected chi connectivity index (χ4v) is 1.93. The minimum absolute atomic E-state index is 0.0515. The molecule has 0 aromatic heterocycles. The summed E-state index contributed by atoms with van der Waals surface area (Å²) >= 11 is 1.17. The number of halogens is 3. The molecule has 1 N–H and O–H groups in total. The summed E-state index contributed by atoms with van der Waals surface area (Å²) < 4.78 is 40.8. The van der Waals surface area contributed by atoms with Crippen molar-refractivity contribution in [2.24, 2.45) is 0 Å². The van der Waals surface area contributed by atoms with E-state index in [0.717, 1.165) is 4.90 Å². The van der Waals surface area contributed by atoms with Gasteiger partial charge in [-0.05, 0) is 31.2 Å². The van der Waals surface area contributed by atoms with Gasteiger partial charge in [-0.25, -0.2) is 0 Å². The number of nitrogens with one attached hydrogen (secondary N) is 1. The SMILES string of the molecule is CCOc1ccc(SCC(=O)NCC(F)(F)F)cc1. The number of rotatable bonds is 6. The molecule has 19 heavy (non-hydrogen) atoms. The second-order valence-electron chi connectivity index (χ2n) is 3.58. The first-order valence-electron chi connectivity index (χ1n) is 5.60. The van der Waals surface area contributed by atoms with Crippen LogP contribution in [-0.2, 0) is 4.79 Å². The molecule has 0 spiro atoms. The first-order chi connectivity index (χ1) is 8.90. The van der Waals surface area contributed by atoms with Crippen LogP contribution < -0.4 is 10.1 Å². The van der Waals surface area contributed by atoms with E-state index in [1.807, 2.05) is 12.2 Å². The second-order valence-corrected chi connectivity index (χ2v) is 4.63. The quantitative estimate of drug-likeness (QED) is 0.820. The molecule has 0 bridgehead atoms. The van der Waals surface area contributed by atoms with Crippen molar-refractivity contribution >= 4 is 17.7 Å². The third-order valence-electron chi connectivity index (χ3n) is 1.99. The predicted octanol–water partition coefficient (Wildman–Crippen LogP) is 2.86. The van der Waals surface area contributed by atoms with Gasteiger partial charge in [-0.15, -0.1) is 11.8 Å². The highest BCUT2D eigenvalue weighted by Crippen LogP contribution is 2.21. The van der Waals surface area contributed by atoms with Gasteiger partial charge in [-0.2, -0.15) is 13.2 Å². The lowest BCUT2D eigenvalue weighted by molar-refractivity contribution is -0.136. The van der Waals surface area contributed by atoms with Gasteiger partial charge in [0.15, 0.2) is 0 Å². The number of thioether (sulfide) groups is 1. The standard InChI is InChI=1S/C12H14F3NO2S/c1-2-18-9-3-5-10(6-4-9)19-7-11(17)16-8-12(13,14)15/h3-6H,2,7-8H2,1H3,(H,16,17). The Morgan fingerprint density at radius 3 is 2.47 bits per heavy atom. The molecule has 1 aromatic rings. The van der Waals surface area contributed by atoms with Gasteiger partial charge in [0.2, 0.25) is 5.91 Å². The average Bonchev–Trinajstić information content (AvgIpc) is 2.35. The number of carbonyl (C=O) groups is 1. The van der Waals surface area contributed by atoms with E-state index in [4.69, 9.17) is 4.74 Å². The Balaban J connectivity index is 2.33. The van der Waals surface area contributed by atoms with Gasteiger partial charge in [0.1, 0.15) is 12.3 Å². The van der Waals surface area contributed by atoms with Gasteiger partial charge in [-0.3, -0.25) is 4.79 Å². The Morgan fingerprint density at radius 2 is 1.95 bits per heavy atom. The van der Waals surface area contributed by atoms with Crippen LogP contribution in [0.1, 0.15) is 6.92 Å². The van der Waals surface area contributed by atoms with Crippen LogP contribution in [0, 0.1) is 0 Å². The molecule has 0 aliphatic heterocycles. The van der Waals surface area contributed by atoms with Crippen molar-refractivity contribution < 1.29 is 22.7 Å². The molecule has 7 heteroatoms. The molecule has 0 heterocycles. The van der Waals surface area contributed by atoms with Crippen molar-refractivity contribution in [3.05, 3.63) is 24.3 Å². The lowest BCUT2D eigenvalue weighted by atomic mass is 10.3. The summed E-state index contributed by atoms with van der Waals surface area (Å²) in [5, 5.41) is 1.82. The molecule has 0 aliphatic carbocycles. The highest BCUT2D eigenvalue weighted by molar-refractivity contribution is 8.00. The monoisotopic (exact) mass is 293 g/mol. The molecule has 0 fully saturated rings. The third kappa shape index (κ3) is 6.95. The first-order valence-corrected chi connectivity index (χ1v) is 6.58. The second kappa shape index (κ2) is 7.28. The third-order valence-corrected chi connectivity index (χ3v) is 3.00. The van der Waals surface area contributed by atoms with Crippen LogP contribution in [-0.4, -0.2) is 31.0 Å². The first kappa shape index (κ1) is 15.7. The Morgan fingerprint density at radius 1 is 1.32 bits per heavy atom. The zero-order chi connectivity index (χ0) is 14.3. The molecule has 106 valence electrons. The van der Waals surface area contributed by atoms with Gasteiger partial charge in [0, 0.05) is 4.90 Å². The van der Waals surface area contributed by atoms with E-state index in [9.17, 15) is 18.0 Å². The van der Waals surface area contributed by atoms with Crippen molar-refractivity contribution in [1.82, 2.24) is 5.32 Å². The van der Waals surface area contributed by atoms with Crippen molar-refractivity contribution in [3.8, 4) is 5.75 Å². The topological polar surface area (TPSA) is 38.3 Å². The Hall–Kier alpha value is -1.37. The smallest absolute Gasteiger partial charge is 0.405 e. The van der Waals surface area contributed by atoms with Crippen molar-refractivity contribution in [2.45, 2.75) is 18.0 Å². The van der Waals surface area contributed by atoms with Crippen LogP contribution >= 0.6 is 11.8 Å².